The van der Waals surface area contributed by atoms with Crippen molar-refractivity contribution in [3.63, 3.8) is 0 Å². The van der Waals surface area contributed by atoms with Crippen LogP contribution in [0.5, 0.6) is 0 Å². The van der Waals surface area contributed by atoms with Crippen molar-refractivity contribution in [3.8, 4) is 0 Å². The molecule has 21 heavy (non-hydrogen) atoms. The third-order valence-electron chi connectivity index (χ3n) is 4.57. The summed E-state index contributed by atoms with van der Waals surface area (Å²) < 4.78 is 2.31. The minimum atomic E-state index is 0.102. The second-order valence-corrected chi connectivity index (χ2v) is 7.15. The molecular weight excluding hydrogens is 280 g/mol. The van der Waals surface area contributed by atoms with Crippen LogP contribution in [0.3, 0.4) is 0 Å². The Morgan fingerprint density at radius 3 is 2.95 bits per heavy atom. The standard InChI is InChI=1S/C16H20N4S/c17-15-12-7-4-3-6-11(12)10-13(15)21-16-19-18-14-8-2-1-5-9-20(14)16/h3-4,6-7,13,15H,1-2,5,8-10,17H2. The zero-order valence-electron chi connectivity index (χ0n) is 12.0. The highest BCUT2D eigenvalue weighted by Gasteiger charge is 2.31. The Hall–Kier alpha value is -1.33. The number of aryl methyl sites for hydroxylation is 1. The van der Waals surface area contributed by atoms with Gasteiger partial charge in [0.1, 0.15) is 5.82 Å². The van der Waals surface area contributed by atoms with Gasteiger partial charge < -0.3 is 10.3 Å². The zero-order chi connectivity index (χ0) is 14.2. The molecule has 1 aromatic heterocycles. The normalized spacial score (nSPS) is 24.4. The van der Waals surface area contributed by atoms with Gasteiger partial charge in [-0.3, -0.25) is 0 Å². The quantitative estimate of drug-likeness (QED) is 0.926. The molecule has 0 saturated carbocycles. The van der Waals surface area contributed by atoms with E-state index in [0.717, 1.165) is 30.4 Å². The van der Waals surface area contributed by atoms with Gasteiger partial charge in [-0.05, 0) is 30.4 Å². The van der Waals surface area contributed by atoms with Crippen LogP contribution < -0.4 is 5.73 Å². The maximum Gasteiger partial charge on any atom is 0.191 e. The summed E-state index contributed by atoms with van der Waals surface area (Å²) in [6, 6.07) is 8.63. The summed E-state index contributed by atoms with van der Waals surface area (Å²) in [5.74, 6) is 1.15. The highest BCUT2D eigenvalue weighted by molar-refractivity contribution is 7.99. The Morgan fingerprint density at radius 1 is 1.14 bits per heavy atom. The van der Waals surface area contributed by atoms with Gasteiger partial charge in [-0.1, -0.05) is 42.4 Å². The highest BCUT2D eigenvalue weighted by Crippen LogP contribution is 2.39. The third kappa shape index (κ3) is 2.38. The number of fused-ring (bicyclic) bond motifs is 2. The fraction of sp³-hybridized carbons (Fsp3) is 0.500. The van der Waals surface area contributed by atoms with E-state index in [9.17, 15) is 0 Å². The second-order valence-electron chi connectivity index (χ2n) is 5.95. The zero-order valence-corrected chi connectivity index (χ0v) is 12.9. The van der Waals surface area contributed by atoms with Gasteiger partial charge in [0.15, 0.2) is 5.16 Å². The van der Waals surface area contributed by atoms with Gasteiger partial charge in [0.2, 0.25) is 0 Å². The first-order valence-corrected chi connectivity index (χ1v) is 8.63. The van der Waals surface area contributed by atoms with E-state index in [1.165, 1.54) is 30.4 Å². The number of benzene rings is 1. The van der Waals surface area contributed by atoms with Crippen LogP contribution in [-0.4, -0.2) is 20.0 Å². The molecule has 0 fully saturated rings. The lowest BCUT2D eigenvalue weighted by Crippen LogP contribution is -2.19. The molecule has 0 spiro atoms. The smallest absolute Gasteiger partial charge is 0.191 e. The van der Waals surface area contributed by atoms with E-state index < -0.39 is 0 Å². The third-order valence-corrected chi connectivity index (χ3v) is 5.84. The number of thioether (sulfide) groups is 1. The van der Waals surface area contributed by atoms with Gasteiger partial charge in [0.25, 0.3) is 0 Å². The Labute approximate surface area is 129 Å². The molecule has 5 heteroatoms. The van der Waals surface area contributed by atoms with Crippen molar-refractivity contribution in [2.75, 3.05) is 0 Å². The first-order chi connectivity index (χ1) is 10.3. The van der Waals surface area contributed by atoms with Crippen LogP contribution in [0.2, 0.25) is 0 Å². The van der Waals surface area contributed by atoms with Crippen molar-refractivity contribution in [2.24, 2.45) is 5.73 Å². The minimum absolute atomic E-state index is 0.102. The Morgan fingerprint density at radius 2 is 2.05 bits per heavy atom. The number of nitrogens with two attached hydrogens (primary N) is 1. The summed E-state index contributed by atoms with van der Waals surface area (Å²) in [6.07, 6.45) is 5.85. The SMILES string of the molecule is NC1c2ccccc2CC1Sc1nnc2n1CCCCC2. The summed E-state index contributed by atoms with van der Waals surface area (Å²) in [6.45, 7) is 1.06. The van der Waals surface area contributed by atoms with Gasteiger partial charge in [0, 0.05) is 24.3 Å². The van der Waals surface area contributed by atoms with E-state index in [-0.39, 0.29) is 6.04 Å². The Bertz CT molecular complexity index is 651. The molecule has 110 valence electrons. The van der Waals surface area contributed by atoms with Crippen LogP contribution in [-0.2, 0) is 19.4 Å². The first-order valence-electron chi connectivity index (χ1n) is 7.75. The molecular formula is C16H20N4S. The summed E-state index contributed by atoms with van der Waals surface area (Å²) >= 11 is 1.81. The molecule has 0 amide bonds. The van der Waals surface area contributed by atoms with Crippen molar-refractivity contribution in [1.29, 1.82) is 0 Å². The van der Waals surface area contributed by atoms with Crippen molar-refractivity contribution in [3.05, 3.63) is 41.2 Å². The van der Waals surface area contributed by atoms with Gasteiger partial charge >= 0.3 is 0 Å². The van der Waals surface area contributed by atoms with Crippen molar-refractivity contribution in [1.82, 2.24) is 14.8 Å². The Kier molecular flexibility index (Phi) is 3.47. The van der Waals surface area contributed by atoms with Crippen LogP contribution in [0.25, 0.3) is 0 Å². The number of hydrogen-bond donors (Lipinski definition) is 1. The molecule has 0 radical (unpaired) electrons. The largest absolute Gasteiger partial charge is 0.323 e. The molecule has 1 aliphatic heterocycles. The maximum absolute atomic E-state index is 6.44. The second kappa shape index (κ2) is 5.46. The average Bonchev–Trinajstić information content (AvgIpc) is 2.92. The maximum atomic E-state index is 6.44. The lowest BCUT2D eigenvalue weighted by atomic mass is 10.1. The molecule has 2 atom stereocenters. The molecule has 4 nitrogen and oxygen atoms in total. The number of rotatable bonds is 2. The van der Waals surface area contributed by atoms with Crippen molar-refractivity contribution < 1.29 is 0 Å². The van der Waals surface area contributed by atoms with Crippen LogP contribution >= 0.6 is 11.8 Å². The lowest BCUT2D eigenvalue weighted by Gasteiger charge is -2.15. The number of nitrogens with zero attached hydrogens (tertiary/aromatic N) is 3. The monoisotopic (exact) mass is 300 g/mol. The van der Waals surface area contributed by atoms with Crippen LogP contribution in [0, 0.1) is 0 Å². The summed E-state index contributed by atoms with van der Waals surface area (Å²) in [4.78, 5) is 0. The van der Waals surface area contributed by atoms with Crippen molar-refractivity contribution >= 4 is 11.8 Å². The number of aromatic nitrogens is 3. The van der Waals surface area contributed by atoms with Gasteiger partial charge in [-0.25, -0.2) is 0 Å². The topological polar surface area (TPSA) is 56.7 Å². The highest BCUT2D eigenvalue weighted by atomic mass is 32.2. The molecule has 2 heterocycles. The van der Waals surface area contributed by atoms with E-state index in [1.54, 1.807) is 0 Å². The summed E-state index contributed by atoms with van der Waals surface area (Å²) in [5, 5.41) is 10.2. The average molecular weight is 300 g/mol. The van der Waals surface area contributed by atoms with E-state index in [1.807, 2.05) is 11.8 Å². The summed E-state index contributed by atoms with van der Waals surface area (Å²) in [5.41, 5.74) is 9.12. The molecule has 2 unspecified atom stereocenters. The van der Waals surface area contributed by atoms with E-state index in [4.69, 9.17) is 5.73 Å². The molecule has 1 aromatic carbocycles. The van der Waals surface area contributed by atoms with Crippen LogP contribution in [0.1, 0.15) is 42.3 Å². The predicted molar refractivity (Wildman–Crippen MR) is 84.3 cm³/mol. The van der Waals surface area contributed by atoms with E-state index >= 15 is 0 Å². The van der Waals surface area contributed by atoms with Gasteiger partial charge in [0.05, 0.1) is 0 Å². The number of hydrogen-bond acceptors (Lipinski definition) is 4. The molecule has 0 saturated heterocycles. The molecule has 1 aliphatic carbocycles. The first kappa shape index (κ1) is 13.3. The fourth-order valence-corrected chi connectivity index (χ4v) is 4.62. The minimum Gasteiger partial charge on any atom is -0.323 e. The van der Waals surface area contributed by atoms with Gasteiger partial charge in [-0.15, -0.1) is 10.2 Å². The van der Waals surface area contributed by atoms with E-state index in [2.05, 4.69) is 39.0 Å². The lowest BCUT2D eigenvalue weighted by molar-refractivity contribution is 0.588. The molecule has 2 aromatic rings. The van der Waals surface area contributed by atoms with Crippen LogP contribution in [0.15, 0.2) is 29.4 Å². The van der Waals surface area contributed by atoms with Gasteiger partial charge in [-0.2, -0.15) is 0 Å². The predicted octanol–water partition coefficient (Wildman–Crippen LogP) is 2.72. The Balaban J connectivity index is 1.57. The van der Waals surface area contributed by atoms with E-state index in [0.29, 0.717) is 5.25 Å². The van der Waals surface area contributed by atoms with Crippen LogP contribution in [0.4, 0.5) is 0 Å². The molecule has 0 bridgehead atoms. The summed E-state index contributed by atoms with van der Waals surface area (Å²) in [7, 11) is 0. The van der Waals surface area contributed by atoms with Crippen molar-refractivity contribution in [2.45, 2.75) is 55.1 Å². The molecule has 2 aliphatic rings. The molecule has 4 rings (SSSR count). The fourth-order valence-electron chi connectivity index (χ4n) is 3.39. The molecule has 2 N–H and O–H groups in total.